The van der Waals surface area contributed by atoms with E-state index in [2.05, 4.69) is 4.98 Å². The molecule has 1 saturated carbocycles. The monoisotopic (exact) mass is 299 g/mol. The van der Waals surface area contributed by atoms with Crippen molar-refractivity contribution in [1.82, 2.24) is 9.88 Å². The molecular formula is C12H14ClN3O4. The maximum atomic E-state index is 12.3. The van der Waals surface area contributed by atoms with Crippen LogP contribution in [0.1, 0.15) is 23.2 Å². The lowest BCUT2D eigenvalue weighted by Crippen LogP contribution is -2.39. The van der Waals surface area contributed by atoms with E-state index in [4.69, 9.17) is 11.6 Å². The maximum Gasteiger partial charge on any atom is 0.300 e. The second-order valence-electron chi connectivity index (χ2n) is 4.96. The van der Waals surface area contributed by atoms with Gasteiger partial charge in [-0.1, -0.05) is 11.6 Å². The first kappa shape index (κ1) is 14.7. The van der Waals surface area contributed by atoms with Gasteiger partial charge < -0.3 is 10.0 Å². The van der Waals surface area contributed by atoms with Gasteiger partial charge in [0.05, 0.1) is 11.0 Å². The number of aromatic nitrogens is 1. The number of hydrogen-bond donors (Lipinski definition) is 1. The molecule has 108 valence electrons. The lowest BCUT2D eigenvalue weighted by molar-refractivity contribution is -0.385. The van der Waals surface area contributed by atoms with Gasteiger partial charge in [-0.05, 0) is 24.8 Å². The van der Waals surface area contributed by atoms with Crippen LogP contribution in [0.4, 0.5) is 5.69 Å². The molecule has 1 aliphatic carbocycles. The van der Waals surface area contributed by atoms with Gasteiger partial charge in [0.25, 0.3) is 11.6 Å². The first-order valence-electron chi connectivity index (χ1n) is 6.12. The number of halogens is 1. The lowest BCUT2D eigenvalue weighted by atomic mass is 9.82. The van der Waals surface area contributed by atoms with Crippen LogP contribution in [0.2, 0.25) is 5.15 Å². The van der Waals surface area contributed by atoms with E-state index in [1.54, 1.807) is 7.05 Å². The first-order valence-corrected chi connectivity index (χ1v) is 6.49. The fourth-order valence-corrected chi connectivity index (χ4v) is 2.42. The number of nitro groups is 1. The Hall–Kier alpha value is -1.73. The van der Waals surface area contributed by atoms with Gasteiger partial charge in [0, 0.05) is 13.6 Å². The van der Waals surface area contributed by atoms with Crippen LogP contribution in [0.25, 0.3) is 0 Å². The molecule has 0 radical (unpaired) electrons. The molecule has 0 aliphatic heterocycles. The van der Waals surface area contributed by atoms with Crippen LogP contribution in [-0.4, -0.2) is 45.5 Å². The predicted molar refractivity (Wildman–Crippen MR) is 71.6 cm³/mol. The van der Waals surface area contributed by atoms with Crippen molar-refractivity contribution in [2.24, 2.45) is 5.92 Å². The number of carbonyl (C=O) groups is 1. The van der Waals surface area contributed by atoms with E-state index in [1.807, 2.05) is 0 Å². The van der Waals surface area contributed by atoms with Crippen LogP contribution >= 0.6 is 11.6 Å². The second-order valence-corrected chi connectivity index (χ2v) is 5.35. The van der Waals surface area contributed by atoms with Crippen molar-refractivity contribution >= 4 is 23.2 Å². The number of nitrogens with zero attached hydrogens (tertiary/aromatic N) is 3. The number of aliphatic hydroxyl groups is 1. The zero-order valence-corrected chi connectivity index (χ0v) is 11.6. The summed E-state index contributed by atoms with van der Waals surface area (Å²) in [4.78, 5) is 27.5. The van der Waals surface area contributed by atoms with Gasteiger partial charge in [-0.2, -0.15) is 0 Å². The number of pyridine rings is 1. The minimum atomic E-state index is -0.655. The molecule has 0 saturated heterocycles. The standard InChI is InChI=1S/C12H14ClN3O4/c1-15(6-7-2-8(17)3-7)12(18)9-4-11(13)14-5-10(9)16(19)20/h4-5,7-8,17H,2-3,6H2,1H3. The number of amides is 1. The molecule has 0 unspecified atom stereocenters. The Balaban J connectivity index is 2.15. The molecule has 1 fully saturated rings. The van der Waals surface area contributed by atoms with E-state index >= 15 is 0 Å². The molecule has 1 aliphatic rings. The highest BCUT2D eigenvalue weighted by molar-refractivity contribution is 6.29. The molecule has 20 heavy (non-hydrogen) atoms. The molecule has 8 heteroatoms. The Morgan fingerprint density at radius 1 is 1.65 bits per heavy atom. The average molecular weight is 300 g/mol. The minimum absolute atomic E-state index is 0.0337. The lowest BCUT2D eigenvalue weighted by Gasteiger charge is -2.34. The van der Waals surface area contributed by atoms with Gasteiger partial charge >= 0.3 is 0 Å². The molecule has 1 aromatic heterocycles. The van der Waals surface area contributed by atoms with Crippen molar-refractivity contribution in [3.05, 3.63) is 33.1 Å². The Morgan fingerprint density at radius 2 is 2.30 bits per heavy atom. The van der Waals surface area contributed by atoms with E-state index < -0.39 is 10.8 Å². The number of hydrogen-bond acceptors (Lipinski definition) is 5. The molecule has 0 atom stereocenters. The zero-order valence-electron chi connectivity index (χ0n) is 10.8. The fourth-order valence-electron chi connectivity index (χ4n) is 2.26. The summed E-state index contributed by atoms with van der Waals surface area (Å²) < 4.78 is 0. The summed E-state index contributed by atoms with van der Waals surface area (Å²) in [5.74, 6) is -0.238. The molecule has 0 aromatic carbocycles. The third-order valence-corrected chi connectivity index (χ3v) is 3.57. The average Bonchev–Trinajstić information content (AvgIpc) is 2.35. The molecule has 1 N–H and O–H groups in total. The van der Waals surface area contributed by atoms with Gasteiger partial charge in [-0.3, -0.25) is 14.9 Å². The quantitative estimate of drug-likeness (QED) is 0.516. The van der Waals surface area contributed by atoms with Gasteiger partial charge in [0.1, 0.15) is 16.9 Å². The molecular weight excluding hydrogens is 286 g/mol. The van der Waals surface area contributed by atoms with Gasteiger partial charge in [0.2, 0.25) is 0 Å². The van der Waals surface area contributed by atoms with Crippen molar-refractivity contribution in [3.8, 4) is 0 Å². The molecule has 7 nitrogen and oxygen atoms in total. The number of rotatable bonds is 4. The van der Waals surface area contributed by atoms with E-state index in [9.17, 15) is 20.0 Å². The molecule has 1 amide bonds. The fraction of sp³-hybridized carbons (Fsp3) is 0.500. The Morgan fingerprint density at radius 3 is 2.85 bits per heavy atom. The summed E-state index contributed by atoms with van der Waals surface area (Å²) in [7, 11) is 1.57. The minimum Gasteiger partial charge on any atom is -0.393 e. The number of aliphatic hydroxyl groups excluding tert-OH is 1. The van der Waals surface area contributed by atoms with Crippen LogP contribution in [0, 0.1) is 16.0 Å². The molecule has 0 spiro atoms. The normalized spacial score (nSPS) is 21.1. The van der Waals surface area contributed by atoms with Crippen LogP contribution < -0.4 is 0 Å². The van der Waals surface area contributed by atoms with E-state index in [0.717, 1.165) is 6.20 Å². The summed E-state index contributed by atoms with van der Waals surface area (Å²) in [5.41, 5.74) is -0.433. The molecule has 1 aromatic rings. The first-order chi connectivity index (χ1) is 9.38. The topological polar surface area (TPSA) is 96.6 Å². The van der Waals surface area contributed by atoms with Gasteiger partial charge in [-0.25, -0.2) is 4.98 Å². The van der Waals surface area contributed by atoms with Gasteiger partial charge in [0.15, 0.2) is 0 Å². The summed E-state index contributed by atoms with van der Waals surface area (Å²) in [6.07, 6.45) is 1.98. The van der Waals surface area contributed by atoms with Crippen molar-refractivity contribution in [2.75, 3.05) is 13.6 Å². The Bertz CT molecular complexity index is 546. The Labute approximate surface area is 120 Å². The summed E-state index contributed by atoms with van der Waals surface area (Å²) in [6, 6.07) is 1.20. The van der Waals surface area contributed by atoms with Crippen molar-refractivity contribution < 1.29 is 14.8 Å². The van der Waals surface area contributed by atoms with Crippen molar-refractivity contribution in [2.45, 2.75) is 18.9 Å². The van der Waals surface area contributed by atoms with Gasteiger partial charge in [-0.15, -0.1) is 0 Å². The van der Waals surface area contributed by atoms with E-state index in [-0.39, 0.29) is 28.4 Å². The van der Waals surface area contributed by atoms with Crippen LogP contribution in [0.15, 0.2) is 12.3 Å². The third-order valence-electron chi connectivity index (χ3n) is 3.37. The summed E-state index contributed by atoms with van der Waals surface area (Å²) in [6.45, 7) is 0.451. The van der Waals surface area contributed by atoms with Crippen LogP contribution in [-0.2, 0) is 0 Å². The molecule has 0 bridgehead atoms. The van der Waals surface area contributed by atoms with E-state index in [0.29, 0.717) is 19.4 Å². The van der Waals surface area contributed by atoms with Crippen LogP contribution in [0.5, 0.6) is 0 Å². The predicted octanol–water partition coefficient (Wildman–Crippen LogP) is 1.49. The maximum absolute atomic E-state index is 12.3. The third kappa shape index (κ3) is 3.05. The summed E-state index contributed by atoms with van der Waals surface area (Å²) >= 11 is 5.70. The Kier molecular flexibility index (Phi) is 4.20. The molecule has 1 heterocycles. The van der Waals surface area contributed by atoms with Crippen molar-refractivity contribution in [3.63, 3.8) is 0 Å². The van der Waals surface area contributed by atoms with Crippen LogP contribution in [0.3, 0.4) is 0 Å². The smallest absolute Gasteiger partial charge is 0.300 e. The highest BCUT2D eigenvalue weighted by atomic mass is 35.5. The zero-order chi connectivity index (χ0) is 14.9. The molecule has 2 rings (SSSR count). The highest BCUT2D eigenvalue weighted by Gasteiger charge is 2.31. The highest BCUT2D eigenvalue weighted by Crippen LogP contribution is 2.29. The summed E-state index contributed by atoms with van der Waals surface area (Å²) in [5, 5.41) is 20.2. The SMILES string of the molecule is CN(CC1CC(O)C1)C(=O)c1cc(Cl)ncc1[N+](=O)[O-]. The van der Waals surface area contributed by atoms with Crippen molar-refractivity contribution in [1.29, 1.82) is 0 Å². The number of carbonyl (C=O) groups excluding carboxylic acids is 1. The van der Waals surface area contributed by atoms with E-state index in [1.165, 1.54) is 11.0 Å². The second kappa shape index (κ2) is 5.72. The largest absolute Gasteiger partial charge is 0.393 e.